The van der Waals surface area contributed by atoms with Crippen LogP contribution in [0.15, 0.2) is 42.5 Å². The van der Waals surface area contributed by atoms with E-state index in [4.69, 9.17) is 27.9 Å². The van der Waals surface area contributed by atoms with E-state index in [1.54, 1.807) is 19.2 Å². The Labute approximate surface area is 134 Å². The van der Waals surface area contributed by atoms with Crippen LogP contribution in [0.25, 0.3) is 0 Å². The lowest BCUT2D eigenvalue weighted by Gasteiger charge is -2.16. The third-order valence-corrected chi connectivity index (χ3v) is 4.11. The van der Waals surface area contributed by atoms with E-state index in [1.807, 2.05) is 24.3 Å². The molecule has 0 amide bonds. The maximum Gasteiger partial charge on any atom is 0.127 e. The van der Waals surface area contributed by atoms with Crippen molar-refractivity contribution in [2.75, 3.05) is 13.0 Å². The van der Waals surface area contributed by atoms with Gasteiger partial charge in [-0.1, -0.05) is 35.9 Å². The van der Waals surface area contributed by atoms with Gasteiger partial charge in [0.1, 0.15) is 11.6 Å². The van der Waals surface area contributed by atoms with Gasteiger partial charge >= 0.3 is 0 Å². The average molecular weight is 327 g/mol. The molecule has 0 radical (unpaired) electrons. The van der Waals surface area contributed by atoms with E-state index in [-0.39, 0.29) is 11.7 Å². The highest BCUT2D eigenvalue weighted by Gasteiger charge is 2.15. The van der Waals surface area contributed by atoms with Gasteiger partial charge in [-0.3, -0.25) is 0 Å². The molecule has 0 aliphatic rings. The molecule has 1 atom stereocenters. The second-order valence-corrected chi connectivity index (χ2v) is 5.72. The summed E-state index contributed by atoms with van der Waals surface area (Å²) in [4.78, 5) is 0. The summed E-state index contributed by atoms with van der Waals surface area (Å²) in [6.07, 6.45) is 1.32. The van der Waals surface area contributed by atoms with Gasteiger partial charge in [-0.2, -0.15) is 0 Å². The molecule has 0 fully saturated rings. The first-order valence-electron chi connectivity index (χ1n) is 6.75. The molecule has 1 nitrogen and oxygen atoms in total. The molecule has 4 heteroatoms. The van der Waals surface area contributed by atoms with E-state index in [1.165, 1.54) is 6.07 Å². The summed E-state index contributed by atoms with van der Waals surface area (Å²) in [5.41, 5.74) is 1.72. The number of rotatable bonds is 6. The Morgan fingerprint density at radius 3 is 2.48 bits per heavy atom. The summed E-state index contributed by atoms with van der Waals surface area (Å²) in [6, 6.07) is 12.6. The van der Waals surface area contributed by atoms with Gasteiger partial charge in [0.05, 0.1) is 7.11 Å². The zero-order chi connectivity index (χ0) is 15.2. The Balaban J connectivity index is 2.13. The minimum atomic E-state index is -0.280. The molecule has 2 rings (SSSR count). The minimum absolute atomic E-state index is 0.138. The normalized spacial score (nSPS) is 12.2. The van der Waals surface area contributed by atoms with E-state index >= 15 is 0 Å². The minimum Gasteiger partial charge on any atom is -0.496 e. The zero-order valence-corrected chi connectivity index (χ0v) is 13.3. The second kappa shape index (κ2) is 7.67. The van der Waals surface area contributed by atoms with Crippen molar-refractivity contribution >= 4 is 23.2 Å². The van der Waals surface area contributed by atoms with Gasteiger partial charge in [0.15, 0.2) is 0 Å². The number of methoxy groups -OCH3 is 1. The number of para-hydroxylation sites is 1. The maximum atomic E-state index is 13.9. The summed E-state index contributed by atoms with van der Waals surface area (Å²) in [5.74, 6) is 1.15. The van der Waals surface area contributed by atoms with Crippen LogP contribution < -0.4 is 4.74 Å². The van der Waals surface area contributed by atoms with E-state index in [0.717, 1.165) is 17.7 Å². The maximum absolute atomic E-state index is 13.9. The van der Waals surface area contributed by atoms with E-state index in [2.05, 4.69) is 0 Å². The molecule has 0 N–H and O–H groups in total. The van der Waals surface area contributed by atoms with Crippen LogP contribution in [0.1, 0.15) is 11.1 Å². The fourth-order valence-corrected chi connectivity index (χ4v) is 2.74. The van der Waals surface area contributed by atoms with Crippen LogP contribution in [-0.2, 0) is 12.8 Å². The summed E-state index contributed by atoms with van der Waals surface area (Å²) in [6.45, 7) is 0. The first-order valence-corrected chi connectivity index (χ1v) is 7.67. The first-order chi connectivity index (χ1) is 10.1. The molecule has 0 spiro atoms. The number of ether oxygens (including phenoxy) is 1. The number of alkyl halides is 1. The summed E-state index contributed by atoms with van der Waals surface area (Å²) < 4.78 is 19.2. The molecule has 2 aromatic rings. The fourth-order valence-electron chi connectivity index (χ4n) is 2.36. The van der Waals surface area contributed by atoms with Crippen LogP contribution in [0.5, 0.6) is 5.75 Å². The molecule has 0 saturated heterocycles. The van der Waals surface area contributed by atoms with Crippen LogP contribution in [0.4, 0.5) is 4.39 Å². The molecule has 0 aromatic heterocycles. The first kappa shape index (κ1) is 16.1. The van der Waals surface area contributed by atoms with Gasteiger partial charge in [0.25, 0.3) is 0 Å². The topological polar surface area (TPSA) is 9.23 Å². The molecule has 0 aliphatic carbocycles. The molecular formula is C17H17Cl2FO. The lowest BCUT2D eigenvalue weighted by atomic mass is 9.93. The van der Waals surface area contributed by atoms with Crippen LogP contribution in [0, 0.1) is 11.7 Å². The third kappa shape index (κ3) is 4.36. The van der Waals surface area contributed by atoms with Gasteiger partial charge in [0, 0.05) is 10.9 Å². The second-order valence-electron chi connectivity index (χ2n) is 4.98. The SMILES string of the molecule is COc1ccccc1CC(CCl)Cc1ccc(Cl)cc1F. The largest absolute Gasteiger partial charge is 0.496 e. The number of benzene rings is 2. The highest BCUT2D eigenvalue weighted by Crippen LogP contribution is 2.25. The molecule has 112 valence electrons. The molecule has 0 aliphatic heterocycles. The summed E-state index contributed by atoms with van der Waals surface area (Å²) >= 11 is 11.8. The van der Waals surface area contributed by atoms with E-state index < -0.39 is 0 Å². The quantitative estimate of drug-likeness (QED) is 0.669. The predicted octanol–water partition coefficient (Wildman–Crippen LogP) is 5.13. The Bertz CT molecular complexity index is 601. The number of hydrogen-bond acceptors (Lipinski definition) is 1. The third-order valence-electron chi connectivity index (χ3n) is 3.44. The van der Waals surface area contributed by atoms with Crippen molar-refractivity contribution in [3.05, 3.63) is 64.4 Å². The lowest BCUT2D eigenvalue weighted by molar-refractivity contribution is 0.405. The van der Waals surface area contributed by atoms with E-state index in [0.29, 0.717) is 22.9 Å². The molecule has 0 saturated carbocycles. The average Bonchev–Trinajstić information content (AvgIpc) is 2.49. The van der Waals surface area contributed by atoms with Gasteiger partial charge in [0.2, 0.25) is 0 Å². The standard InChI is InChI=1S/C17H17Cl2FO/c1-21-17-5-3-2-4-14(17)9-12(11-18)8-13-6-7-15(19)10-16(13)20/h2-7,10,12H,8-9,11H2,1H3. The fraction of sp³-hybridized carbons (Fsp3) is 0.294. The molecule has 1 unspecified atom stereocenters. The van der Waals surface area contributed by atoms with Crippen molar-refractivity contribution in [3.63, 3.8) is 0 Å². The molecule has 0 bridgehead atoms. The van der Waals surface area contributed by atoms with Crippen molar-refractivity contribution in [2.45, 2.75) is 12.8 Å². The highest BCUT2D eigenvalue weighted by atomic mass is 35.5. The van der Waals surface area contributed by atoms with Crippen LogP contribution in [0.3, 0.4) is 0 Å². The smallest absolute Gasteiger partial charge is 0.127 e. The number of hydrogen-bond donors (Lipinski definition) is 0. The van der Waals surface area contributed by atoms with Crippen molar-refractivity contribution in [3.8, 4) is 5.75 Å². The van der Waals surface area contributed by atoms with Crippen molar-refractivity contribution in [1.29, 1.82) is 0 Å². The zero-order valence-electron chi connectivity index (χ0n) is 11.8. The molecule has 2 aromatic carbocycles. The van der Waals surface area contributed by atoms with Crippen LogP contribution >= 0.6 is 23.2 Å². The Hall–Kier alpha value is -1.25. The Kier molecular flexibility index (Phi) is 5.89. The van der Waals surface area contributed by atoms with Crippen LogP contribution in [-0.4, -0.2) is 13.0 Å². The highest BCUT2D eigenvalue weighted by molar-refractivity contribution is 6.30. The van der Waals surface area contributed by atoms with Crippen molar-refractivity contribution in [2.24, 2.45) is 5.92 Å². The predicted molar refractivity (Wildman–Crippen MR) is 86.0 cm³/mol. The van der Waals surface area contributed by atoms with Gasteiger partial charge in [-0.05, 0) is 48.1 Å². The number of halogens is 3. The van der Waals surface area contributed by atoms with Gasteiger partial charge in [-0.15, -0.1) is 11.6 Å². The monoisotopic (exact) mass is 326 g/mol. The summed E-state index contributed by atoms with van der Waals surface area (Å²) in [7, 11) is 1.65. The lowest BCUT2D eigenvalue weighted by Crippen LogP contribution is -2.12. The van der Waals surface area contributed by atoms with Crippen molar-refractivity contribution in [1.82, 2.24) is 0 Å². The van der Waals surface area contributed by atoms with Gasteiger partial charge in [-0.25, -0.2) is 4.39 Å². The van der Waals surface area contributed by atoms with Crippen LogP contribution in [0.2, 0.25) is 5.02 Å². The molecular weight excluding hydrogens is 310 g/mol. The molecule has 0 heterocycles. The Morgan fingerprint density at radius 2 is 1.81 bits per heavy atom. The van der Waals surface area contributed by atoms with Crippen molar-refractivity contribution < 1.29 is 9.13 Å². The molecule has 21 heavy (non-hydrogen) atoms. The van der Waals surface area contributed by atoms with E-state index in [9.17, 15) is 4.39 Å². The van der Waals surface area contributed by atoms with Gasteiger partial charge < -0.3 is 4.74 Å². The Morgan fingerprint density at radius 1 is 1.10 bits per heavy atom. The summed E-state index contributed by atoms with van der Waals surface area (Å²) in [5, 5.41) is 0.406.